The van der Waals surface area contributed by atoms with Gasteiger partial charge in [0, 0.05) is 6.08 Å². The molecule has 3 nitrogen and oxygen atoms in total. The molecule has 0 N–H and O–H groups in total. The zero-order valence-electron chi connectivity index (χ0n) is 3.96. The monoisotopic (exact) mass is 129 g/mol. The highest BCUT2D eigenvalue weighted by atomic mass is 32.1. The molecule has 0 heterocycles. The first-order valence-corrected chi connectivity index (χ1v) is 2.12. The number of isothiocyanates is 1. The van der Waals surface area contributed by atoms with Crippen LogP contribution in [0.2, 0.25) is 0 Å². The second-order valence-corrected chi connectivity index (χ2v) is 0.980. The van der Waals surface area contributed by atoms with Crippen molar-refractivity contribution in [2.75, 3.05) is 0 Å². The van der Waals surface area contributed by atoms with Crippen LogP contribution in [-0.4, -0.2) is 11.1 Å². The van der Waals surface area contributed by atoms with Gasteiger partial charge in [0.25, 0.3) is 0 Å². The van der Waals surface area contributed by atoms with Gasteiger partial charge in [0.15, 0.2) is 0 Å². The molecule has 0 rings (SSSR count). The Hall–Kier alpha value is -0.990. The Kier molecular flexibility index (Phi) is 3.66. The molecule has 0 aliphatic heterocycles. The minimum Gasteiger partial charge on any atom is -0.304 e. The maximum absolute atomic E-state index is 10.1. The van der Waals surface area contributed by atoms with Crippen molar-refractivity contribution in [2.45, 2.75) is 0 Å². The van der Waals surface area contributed by atoms with Crippen LogP contribution in [0.5, 0.6) is 0 Å². The van der Waals surface area contributed by atoms with Gasteiger partial charge in [0.1, 0.15) is 5.16 Å². The summed E-state index contributed by atoms with van der Waals surface area (Å²) in [5, 5.41) is 4.74. The van der Waals surface area contributed by atoms with Crippen molar-refractivity contribution >= 4 is 23.3 Å². The fourth-order valence-electron chi connectivity index (χ4n) is 0.101. The third kappa shape index (κ3) is 3.21. The third-order valence-corrected chi connectivity index (χ3v) is 0.414. The molecule has 0 saturated heterocycles. The molecular weight excluding hydrogens is 126 g/mol. The second kappa shape index (κ2) is 4.18. The first kappa shape index (κ1) is 7.01. The zero-order chi connectivity index (χ0) is 6.41. The van der Waals surface area contributed by atoms with Gasteiger partial charge in [-0.15, -0.1) is 0 Å². The molecule has 0 aliphatic carbocycles. The van der Waals surface area contributed by atoms with Gasteiger partial charge >= 0.3 is 5.97 Å². The summed E-state index contributed by atoms with van der Waals surface area (Å²) in [7, 11) is 0. The molecule has 0 saturated carbocycles. The maximum Gasteiger partial charge on any atom is 0.358 e. The van der Waals surface area contributed by atoms with E-state index in [2.05, 4.69) is 28.8 Å². The van der Waals surface area contributed by atoms with E-state index in [4.69, 9.17) is 0 Å². The number of carbonyl (C=O) groups is 1. The minimum atomic E-state index is -0.637. The van der Waals surface area contributed by atoms with Gasteiger partial charge in [-0.05, 0) is 17.4 Å². The Labute approximate surface area is 51.6 Å². The topological polar surface area (TPSA) is 38.7 Å². The summed E-state index contributed by atoms with van der Waals surface area (Å²) in [4.78, 5) is 14.0. The van der Waals surface area contributed by atoms with Crippen LogP contribution in [-0.2, 0) is 9.63 Å². The first-order chi connectivity index (χ1) is 3.81. The lowest BCUT2D eigenvalue weighted by Gasteiger charge is -1.81. The van der Waals surface area contributed by atoms with Gasteiger partial charge in [0.05, 0.1) is 0 Å². The highest BCUT2D eigenvalue weighted by molar-refractivity contribution is 7.78. The molecule has 0 amide bonds. The Morgan fingerprint density at radius 1 is 2.00 bits per heavy atom. The molecule has 4 heteroatoms. The molecule has 0 atom stereocenters. The molecular formula is C4H3NO2S. The predicted octanol–water partition coefficient (Wildman–Crippen LogP) is 0.733. The van der Waals surface area contributed by atoms with Gasteiger partial charge < -0.3 is 4.84 Å². The molecule has 0 aromatic carbocycles. The fraction of sp³-hybridized carbons (Fsp3) is 0. The van der Waals surface area contributed by atoms with E-state index >= 15 is 0 Å². The van der Waals surface area contributed by atoms with Gasteiger partial charge in [-0.3, -0.25) is 0 Å². The van der Waals surface area contributed by atoms with E-state index in [1.807, 2.05) is 5.16 Å². The average Bonchev–Trinajstić information content (AvgIpc) is 1.83. The van der Waals surface area contributed by atoms with Crippen molar-refractivity contribution < 1.29 is 9.63 Å². The lowest BCUT2D eigenvalue weighted by molar-refractivity contribution is -0.137. The van der Waals surface area contributed by atoms with Crippen LogP contribution in [0.15, 0.2) is 17.8 Å². The molecule has 0 bridgehead atoms. The molecule has 0 aromatic heterocycles. The molecule has 0 unspecified atom stereocenters. The summed E-state index contributed by atoms with van der Waals surface area (Å²) < 4.78 is 0. The van der Waals surface area contributed by atoms with Crippen LogP contribution < -0.4 is 0 Å². The second-order valence-electron chi connectivity index (χ2n) is 0.797. The number of nitrogens with zero attached hydrogens (tertiary/aromatic N) is 1. The standard InChI is InChI=1S/C4H3NO2S/c1-2-4(6)7-5-3-8/h2H,1H2. The van der Waals surface area contributed by atoms with Crippen molar-refractivity contribution in [2.24, 2.45) is 5.16 Å². The normalized spacial score (nSPS) is 6.50. The summed E-state index contributed by atoms with van der Waals surface area (Å²) in [5.41, 5.74) is 0. The first-order valence-electron chi connectivity index (χ1n) is 1.72. The minimum absolute atomic E-state index is 0.637. The van der Waals surface area contributed by atoms with Crippen LogP contribution in [0.25, 0.3) is 0 Å². The lowest BCUT2D eigenvalue weighted by atomic mass is 10.7. The van der Waals surface area contributed by atoms with Crippen molar-refractivity contribution in [3.8, 4) is 0 Å². The number of carbonyl (C=O) groups excluding carboxylic acids is 1. The molecule has 8 heavy (non-hydrogen) atoms. The van der Waals surface area contributed by atoms with Crippen molar-refractivity contribution in [1.82, 2.24) is 0 Å². The number of hydrogen-bond acceptors (Lipinski definition) is 4. The molecule has 0 aliphatic rings. The maximum atomic E-state index is 10.1. The smallest absolute Gasteiger partial charge is 0.304 e. The number of rotatable bonds is 2. The highest BCUT2D eigenvalue weighted by Gasteiger charge is 1.87. The number of thiocarbonyl (C=S) groups is 1. The van der Waals surface area contributed by atoms with Crippen molar-refractivity contribution in [3.05, 3.63) is 12.7 Å². The Morgan fingerprint density at radius 2 is 2.62 bits per heavy atom. The van der Waals surface area contributed by atoms with Crippen molar-refractivity contribution in [1.29, 1.82) is 0 Å². The van der Waals surface area contributed by atoms with E-state index in [-0.39, 0.29) is 0 Å². The van der Waals surface area contributed by atoms with Crippen LogP contribution >= 0.6 is 12.2 Å². The summed E-state index contributed by atoms with van der Waals surface area (Å²) in [6.45, 7) is 3.12. The highest BCUT2D eigenvalue weighted by Crippen LogP contribution is 1.75. The SMILES string of the molecule is C=CC(=O)ON=C=S. The van der Waals surface area contributed by atoms with Gasteiger partial charge in [0.2, 0.25) is 0 Å². The summed E-state index contributed by atoms with van der Waals surface area (Å²) in [5.74, 6) is -0.637. The van der Waals surface area contributed by atoms with E-state index in [9.17, 15) is 4.79 Å². The average molecular weight is 129 g/mol. The Balaban J connectivity index is 3.55. The quantitative estimate of drug-likeness (QED) is 0.181. The van der Waals surface area contributed by atoms with E-state index < -0.39 is 5.97 Å². The summed E-state index contributed by atoms with van der Waals surface area (Å²) in [6, 6.07) is 0. The summed E-state index contributed by atoms with van der Waals surface area (Å²) in [6.07, 6.45) is 0.982. The fourth-order valence-corrected chi connectivity index (χ4v) is 0.138. The van der Waals surface area contributed by atoms with E-state index in [0.29, 0.717) is 0 Å². The van der Waals surface area contributed by atoms with Crippen LogP contribution in [0, 0.1) is 0 Å². The third-order valence-electron chi connectivity index (χ3n) is 0.340. The van der Waals surface area contributed by atoms with Gasteiger partial charge in [-0.1, -0.05) is 6.58 Å². The van der Waals surface area contributed by atoms with Crippen LogP contribution in [0.4, 0.5) is 0 Å². The predicted molar refractivity (Wildman–Crippen MR) is 31.3 cm³/mol. The summed E-state index contributed by atoms with van der Waals surface area (Å²) >= 11 is 4.09. The largest absolute Gasteiger partial charge is 0.358 e. The van der Waals surface area contributed by atoms with E-state index in [1.54, 1.807) is 0 Å². The van der Waals surface area contributed by atoms with Crippen molar-refractivity contribution in [3.63, 3.8) is 0 Å². The molecule has 0 radical (unpaired) electrons. The Bertz CT molecular complexity index is 148. The van der Waals surface area contributed by atoms with E-state index in [0.717, 1.165) is 6.08 Å². The van der Waals surface area contributed by atoms with Crippen LogP contribution in [0.1, 0.15) is 0 Å². The molecule has 42 valence electrons. The Morgan fingerprint density at radius 3 is 3.00 bits per heavy atom. The molecule has 0 spiro atoms. The number of hydrogen-bond donors (Lipinski definition) is 0. The van der Waals surface area contributed by atoms with Gasteiger partial charge in [-0.2, -0.15) is 0 Å². The lowest BCUT2D eigenvalue weighted by Crippen LogP contribution is -1.90. The van der Waals surface area contributed by atoms with Crippen LogP contribution in [0.3, 0.4) is 0 Å². The zero-order valence-corrected chi connectivity index (χ0v) is 4.77. The van der Waals surface area contributed by atoms with E-state index in [1.165, 1.54) is 0 Å². The molecule has 0 aromatic rings. The van der Waals surface area contributed by atoms with Gasteiger partial charge in [-0.25, -0.2) is 4.79 Å². The molecule has 0 fully saturated rings.